The second-order valence-corrected chi connectivity index (χ2v) is 5.07. The number of ether oxygens (including phenoxy) is 1. The van der Waals surface area contributed by atoms with Gasteiger partial charge >= 0.3 is 0 Å². The van der Waals surface area contributed by atoms with Crippen LogP contribution < -0.4 is 0 Å². The van der Waals surface area contributed by atoms with Gasteiger partial charge in [0, 0.05) is 17.5 Å². The monoisotopic (exact) mass is 316 g/mol. The molecule has 0 aliphatic carbocycles. The molecule has 100 valence electrons. The van der Waals surface area contributed by atoms with Crippen molar-refractivity contribution in [1.82, 2.24) is 0 Å². The number of halogens is 2. The van der Waals surface area contributed by atoms with Crippen LogP contribution in [0.2, 0.25) is 0 Å². The van der Waals surface area contributed by atoms with Gasteiger partial charge in [-0.25, -0.2) is 4.39 Å². The molecule has 0 saturated carbocycles. The molecule has 0 aliphatic heterocycles. The van der Waals surface area contributed by atoms with Crippen LogP contribution in [0.25, 0.3) is 0 Å². The van der Waals surface area contributed by atoms with Crippen LogP contribution in [0.5, 0.6) is 0 Å². The second-order valence-electron chi connectivity index (χ2n) is 4.15. The van der Waals surface area contributed by atoms with Gasteiger partial charge in [0.25, 0.3) is 0 Å². The quantitative estimate of drug-likeness (QED) is 0.762. The molecule has 0 amide bonds. The fourth-order valence-electron chi connectivity index (χ4n) is 1.83. The van der Waals surface area contributed by atoms with Gasteiger partial charge in [-0.05, 0) is 37.1 Å². The van der Waals surface area contributed by atoms with Crippen molar-refractivity contribution in [3.05, 3.63) is 34.1 Å². The Morgan fingerprint density at radius 3 is 2.67 bits per heavy atom. The van der Waals surface area contributed by atoms with Crippen molar-refractivity contribution < 1.29 is 13.9 Å². The van der Waals surface area contributed by atoms with Crippen molar-refractivity contribution in [2.45, 2.75) is 39.2 Å². The van der Waals surface area contributed by atoms with Crippen molar-refractivity contribution in [3.63, 3.8) is 0 Å². The van der Waals surface area contributed by atoms with Crippen LogP contribution in [0.3, 0.4) is 0 Å². The van der Waals surface area contributed by atoms with Crippen LogP contribution in [0, 0.1) is 5.82 Å². The van der Waals surface area contributed by atoms with Gasteiger partial charge < -0.3 is 4.74 Å². The Bertz CT molecular complexity index is 381. The number of rotatable bonds is 7. The zero-order valence-corrected chi connectivity index (χ0v) is 12.3. The highest BCUT2D eigenvalue weighted by molar-refractivity contribution is 9.10. The van der Waals surface area contributed by atoms with E-state index >= 15 is 0 Å². The SMILES string of the molecule is CCCC(OCC)C(=O)Cc1cc(F)cc(Br)c1. The third-order valence-electron chi connectivity index (χ3n) is 2.58. The van der Waals surface area contributed by atoms with Crippen LogP contribution in [0.1, 0.15) is 32.3 Å². The maximum Gasteiger partial charge on any atom is 0.165 e. The number of ketones is 1. The van der Waals surface area contributed by atoms with E-state index in [1.54, 1.807) is 6.07 Å². The summed E-state index contributed by atoms with van der Waals surface area (Å²) in [6.45, 7) is 4.40. The standard InChI is InChI=1S/C14H18BrFO2/c1-3-5-14(18-4-2)13(17)8-10-6-11(15)9-12(16)7-10/h6-7,9,14H,3-5,8H2,1-2H3. The Morgan fingerprint density at radius 1 is 1.39 bits per heavy atom. The van der Waals surface area contributed by atoms with E-state index in [1.165, 1.54) is 12.1 Å². The molecule has 0 spiro atoms. The highest BCUT2D eigenvalue weighted by atomic mass is 79.9. The van der Waals surface area contributed by atoms with Gasteiger partial charge in [0.15, 0.2) is 5.78 Å². The topological polar surface area (TPSA) is 26.3 Å². The number of carbonyl (C=O) groups is 1. The predicted octanol–water partition coefficient (Wildman–Crippen LogP) is 3.91. The average molecular weight is 317 g/mol. The first kappa shape index (κ1) is 15.3. The molecule has 0 aromatic heterocycles. The third kappa shape index (κ3) is 4.86. The second kappa shape index (κ2) is 7.64. The Hall–Kier alpha value is -0.740. The summed E-state index contributed by atoms with van der Waals surface area (Å²) in [5.41, 5.74) is 0.674. The minimum Gasteiger partial charge on any atom is -0.371 e. The minimum atomic E-state index is -0.373. The molecule has 0 radical (unpaired) electrons. The summed E-state index contributed by atoms with van der Waals surface area (Å²) in [5, 5.41) is 0. The predicted molar refractivity (Wildman–Crippen MR) is 73.1 cm³/mol. The number of carbonyl (C=O) groups excluding carboxylic acids is 1. The van der Waals surface area contributed by atoms with Crippen molar-refractivity contribution in [1.29, 1.82) is 0 Å². The number of Topliss-reactive ketones (excluding diaryl/α,β-unsaturated/α-hetero) is 1. The molecule has 2 nitrogen and oxygen atoms in total. The van der Waals surface area contributed by atoms with Crippen molar-refractivity contribution in [3.8, 4) is 0 Å². The van der Waals surface area contributed by atoms with Crippen LogP contribution >= 0.6 is 15.9 Å². The maximum atomic E-state index is 13.2. The third-order valence-corrected chi connectivity index (χ3v) is 3.04. The Labute approximate surface area is 116 Å². The number of hydrogen-bond donors (Lipinski definition) is 0. The minimum absolute atomic E-state index is 0.0104. The normalized spacial score (nSPS) is 12.4. The summed E-state index contributed by atoms with van der Waals surface area (Å²) in [5.74, 6) is -0.327. The van der Waals surface area contributed by atoms with Crippen LogP contribution in [-0.4, -0.2) is 18.5 Å². The van der Waals surface area contributed by atoms with Gasteiger partial charge in [-0.15, -0.1) is 0 Å². The first-order chi connectivity index (χ1) is 8.56. The van der Waals surface area contributed by atoms with E-state index in [0.717, 1.165) is 6.42 Å². The molecule has 0 saturated heterocycles. The molecule has 0 bridgehead atoms. The molecule has 0 fully saturated rings. The molecule has 0 aliphatic rings. The zero-order chi connectivity index (χ0) is 13.5. The van der Waals surface area contributed by atoms with Gasteiger partial charge in [-0.1, -0.05) is 29.3 Å². The van der Waals surface area contributed by atoms with E-state index in [1.807, 2.05) is 13.8 Å². The number of hydrogen-bond acceptors (Lipinski definition) is 2. The lowest BCUT2D eigenvalue weighted by molar-refractivity contribution is -0.130. The van der Waals surface area contributed by atoms with Crippen molar-refractivity contribution in [2.75, 3.05) is 6.61 Å². The summed E-state index contributed by atoms with van der Waals surface area (Å²) in [4.78, 5) is 12.1. The molecule has 4 heteroatoms. The smallest absolute Gasteiger partial charge is 0.165 e. The van der Waals surface area contributed by atoms with E-state index in [2.05, 4.69) is 15.9 Å². The van der Waals surface area contributed by atoms with Gasteiger partial charge in [0.2, 0.25) is 0 Å². The molecule has 1 aromatic carbocycles. The van der Waals surface area contributed by atoms with Crippen molar-refractivity contribution >= 4 is 21.7 Å². The lowest BCUT2D eigenvalue weighted by atomic mass is 10.0. The first-order valence-electron chi connectivity index (χ1n) is 6.16. The Morgan fingerprint density at radius 2 is 2.11 bits per heavy atom. The molecule has 1 rings (SSSR count). The maximum absolute atomic E-state index is 13.2. The van der Waals surface area contributed by atoms with Crippen LogP contribution in [-0.2, 0) is 16.0 Å². The highest BCUT2D eigenvalue weighted by Gasteiger charge is 2.18. The average Bonchev–Trinajstić information content (AvgIpc) is 2.27. The summed E-state index contributed by atoms with van der Waals surface area (Å²) < 4.78 is 19.3. The summed E-state index contributed by atoms with van der Waals surface area (Å²) in [7, 11) is 0. The molecule has 1 atom stereocenters. The van der Waals surface area contributed by atoms with E-state index < -0.39 is 0 Å². The first-order valence-corrected chi connectivity index (χ1v) is 6.95. The molecule has 1 unspecified atom stereocenters. The summed E-state index contributed by atoms with van der Waals surface area (Å²) in [6, 6.07) is 4.52. The van der Waals surface area contributed by atoms with E-state index in [0.29, 0.717) is 23.1 Å². The van der Waals surface area contributed by atoms with E-state index in [4.69, 9.17) is 4.74 Å². The Kier molecular flexibility index (Phi) is 6.50. The molecule has 0 N–H and O–H groups in total. The molecular weight excluding hydrogens is 299 g/mol. The molecule has 0 heterocycles. The zero-order valence-electron chi connectivity index (χ0n) is 10.7. The lowest BCUT2D eigenvalue weighted by Gasteiger charge is -2.15. The summed E-state index contributed by atoms with van der Waals surface area (Å²) in [6.07, 6.45) is 1.44. The lowest BCUT2D eigenvalue weighted by Crippen LogP contribution is -2.26. The van der Waals surface area contributed by atoms with Crippen molar-refractivity contribution in [2.24, 2.45) is 0 Å². The molecule has 18 heavy (non-hydrogen) atoms. The number of benzene rings is 1. The van der Waals surface area contributed by atoms with Gasteiger partial charge in [0.05, 0.1) is 0 Å². The van der Waals surface area contributed by atoms with E-state index in [-0.39, 0.29) is 24.1 Å². The van der Waals surface area contributed by atoms with Crippen LogP contribution in [0.4, 0.5) is 4.39 Å². The molecule has 1 aromatic rings. The van der Waals surface area contributed by atoms with Gasteiger partial charge in [-0.3, -0.25) is 4.79 Å². The van der Waals surface area contributed by atoms with E-state index in [9.17, 15) is 9.18 Å². The Balaban J connectivity index is 2.72. The summed E-state index contributed by atoms with van der Waals surface area (Å²) >= 11 is 3.22. The molecular formula is C14H18BrFO2. The fraction of sp³-hybridized carbons (Fsp3) is 0.500. The highest BCUT2D eigenvalue weighted by Crippen LogP contribution is 2.17. The van der Waals surface area contributed by atoms with Crippen LogP contribution in [0.15, 0.2) is 22.7 Å². The largest absolute Gasteiger partial charge is 0.371 e. The fourth-order valence-corrected chi connectivity index (χ4v) is 2.34. The van der Waals surface area contributed by atoms with Gasteiger partial charge in [0.1, 0.15) is 11.9 Å². The van der Waals surface area contributed by atoms with Gasteiger partial charge in [-0.2, -0.15) is 0 Å².